The molecule has 1 aliphatic carbocycles. The second kappa shape index (κ2) is 6.23. The van der Waals surface area contributed by atoms with Crippen molar-refractivity contribution in [2.45, 2.75) is 33.1 Å². The fraction of sp³-hybridized carbons (Fsp3) is 0.692. The predicted molar refractivity (Wildman–Crippen MR) is 76.4 cm³/mol. The summed E-state index contributed by atoms with van der Waals surface area (Å²) in [5.41, 5.74) is 0. The van der Waals surface area contributed by atoms with Crippen molar-refractivity contribution in [2.24, 2.45) is 5.92 Å². The molecular weight excluding hydrogens is 248 g/mol. The smallest absolute Gasteiger partial charge is 0.224 e. The molecule has 0 bridgehead atoms. The van der Waals surface area contributed by atoms with Gasteiger partial charge in [-0.2, -0.15) is 4.98 Å². The first-order valence-electron chi connectivity index (χ1n) is 6.76. The van der Waals surface area contributed by atoms with Crippen LogP contribution in [0.25, 0.3) is 0 Å². The molecule has 18 heavy (non-hydrogen) atoms. The van der Waals surface area contributed by atoms with Crippen LogP contribution in [0.15, 0.2) is 6.20 Å². The summed E-state index contributed by atoms with van der Waals surface area (Å²) in [5.74, 6) is 2.35. The van der Waals surface area contributed by atoms with E-state index in [2.05, 4.69) is 34.0 Å². The number of nitrogens with zero attached hydrogens (tertiary/aromatic N) is 3. The van der Waals surface area contributed by atoms with E-state index in [4.69, 9.17) is 11.6 Å². The third kappa shape index (κ3) is 3.48. The van der Waals surface area contributed by atoms with Crippen LogP contribution in [0.1, 0.15) is 33.1 Å². The van der Waals surface area contributed by atoms with Crippen LogP contribution in [0.3, 0.4) is 0 Å². The first-order valence-corrected chi connectivity index (χ1v) is 7.13. The highest BCUT2D eigenvalue weighted by Gasteiger charge is 2.25. The average Bonchev–Trinajstić information content (AvgIpc) is 3.19. The lowest BCUT2D eigenvalue weighted by Gasteiger charge is -2.23. The van der Waals surface area contributed by atoms with E-state index in [1.54, 1.807) is 6.20 Å². The molecule has 0 atom stereocenters. The predicted octanol–water partition coefficient (Wildman–Crippen LogP) is 3.19. The summed E-state index contributed by atoms with van der Waals surface area (Å²) in [4.78, 5) is 11.0. The molecule has 5 heteroatoms. The van der Waals surface area contributed by atoms with Gasteiger partial charge in [-0.3, -0.25) is 0 Å². The minimum Gasteiger partial charge on any atom is -0.355 e. The Kier molecular flexibility index (Phi) is 4.64. The van der Waals surface area contributed by atoms with Crippen molar-refractivity contribution >= 4 is 23.4 Å². The van der Waals surface area contributed by atoms with E-state index in [1.165, 1.54) is 12.8 Å². The summed E-state index contributed by atoms with van der Waals surface area (Å²) < 4.78 is 0. The summed E-state index contributed by atoms with van der Waals surface area (Å²) in [5, 5.41) is 3.84. The maximum absolute atomic E-state index is 6.21. The molecule has 100 valence electrons. The van der Waals surface area contributed by atoms with Crippen LogP contribution < -0.4 is 10.2 Å². The number of hydrogen-bond donors (Lipinski definition) is 1. The molecule has 1 heterocycles. The Hall–Kier alpha value is -1.03. The van der Waals surface area contributed by atoms with E-state index in [9.17, 15) is 0 Å². The normalized spacial score (nSPS) is 14.6. The SMILES string of the molecule is CCCNc1ncc(Cl)c(N(CC)CC2CC2)n1. The molecule has 1 saturated carbocycles. The van der Waals surface area contributed by atoms with Gasteiger partial charge in [0, 0.05) is 19.6 Å². The zero-order chi connectivity index (χ0) is 13.0. The standard InChI is InChI=1S/C13H21ClN4/c1-3-7-15-13-16-8-11(14)12(17-13)18(4-2)9-10-5-6-10/h8,10H,3-7,9H2,1-2H3,(H,15,16,17). The number of hydrogen-bond acceptors (Lipinski definition) is 4. The number of nitrogens with one attached hydrogen (secondary N) is 1. The monoisotopic (exact) mass is 268 g/mol. The van der Waals surface area contributed by atoms with Crippen LogP contribution in [0.2, 0.25) is 5.02 Å². The first kappa shape index (κ1) is 13.4. The maximum atomic E-state index is 6.21. The quantitative estimate of drug-likeness (QED) is 0.825. The molecule has 2 rings (SSSR count). The molecule has 4 nitrogen and oxygen atoms in total. The van der Waals surface area contributed by atoms with Crippen molar-refractivity contribution in [2.75, 3.05) is 29.9 Å². The molecule has 1 aliphatic rings. The van der Waals surface area contributed by atoms with Crippen LogP contribution in [-0.2, 0) is 0 Å². The second-order valence-corrected chi connectivity index (χ2v) is 5.18. The molecule has 1 fully saturated rings. The third-order valence-corrected chi connectivity index (χ3v) is 3.38. The van der Waals surface area contributed by atoms with Crippen LogP contribution in [0, 0.1) is 5.92 Å². The number of anilines is 2. The van der Waals surface area contributed by atoms with Crippen molar-refractivity contribution in [1.29, 1.82) is 0 Å². The van der Waals surface area contributed by atoms with Crippen LogP contribution in [-0.4, -0.2) is 29.6 Å². The number of aromatic nitrogens is 2. The Morgan fingerprint density at radius 2 is 2.22 bits per heavy atom. The fourth-order valence-electron chi connectivity index (χ4n) is 1.88. The molecule has 0 aliphatic heterocycles. The molecule has 1 N–H and O–H groups in total. The van der Waals surface area contributed by atoms with E-state index in [0.29, 0.717) is 11.0 Å². The van der Waals surface area contributed by atoms with Gasteiger partial charge in [-0.1, -0.05) is 18.5 Å². The number of halogens is 1. The van der Waals surface area contributed by atoms with Crippen molar-refractivity contribution in [3.63, 3.8) is 0 Å². The van der Waals surface area contributed by atoms with Gasteiger partial charge in [0.05, 0.1) is 6.20 Å². The Morgan fingerprint density at radius 3 is 2.83 bits per heavy atom. The highest BCUT2D eigenvalue weighted by Crippen LogP contribution is 2.32. The second-order valence-electron chi connectivity index (χ2n) is 4.77. The minimum atomic E-state index is 0.638. The number of rotatable bonds is 7. The van der Waals surface area contributed by atoms with Crippen LogP contribution in [0.4, 0.5) is 11.8 Å². The molecule has 1 aromatic rings. The maximum Gasteiger partial charge on any atom is 0.224 e. The lowest BCUT2D eigenvalue weighted by molar-refractivity contribution is 0.730. The van der Waals surface area contributed by atoms with Crippen LogP contribution >= 0.6 is 11.6 Å². The summed E-state index contributed by atoms with van der Waals surface area (Å²) >= 11 is 6.21. The topological polar surface area (TPSA) is 41.1 Å². The summed E-state index contributed by atoms with van der Waals surface area (Å²) in [6.45, 7) is 7.13. The van der Waals surface area contributed by atoms with Gasteiger partial charge in [-0.05, 0) is 32.1 Å². The van der Waals surface area contributed by atoms with E-state index in [0.717, 1.165) is 37.8 Å². The van der Waals surface area contributed by atoms with Gasteiger partial charge >= 0.3 is 0 Å². The molecule has 0 unspecified atom stereocenters. The van der Waals surface area contributed by atoms with E-state index >= 15 is 0 Å². The van der Waals surface area contributed by atoms with Crippen molar-refractivity contribution in [3.05, 3.63) is 11.2 Å². The summed E-state index contributed by atoms with van der Waals surface area (Å²) in [6.07, 6.45) is 5.42. The molecule has 0 radical (unpaired) electrons. The lowest BCUT2D eigenvalue weighted by atomic mass is 10.3. The van der Waals surface area contributed by atoms with Gasteiger partial charge in [0.25, 0.3) is 0 Å². The summed E-state index contributed by atoms with van der Waals surface area (Å²) in [7, 11) is 0. The fourth-order valence-corrected chi connectivity index (χ4v) is 2.09. The van der Waals surface area contributed by atoms with E-state index < -0.39 is 0 Å². The van der Waals surface area contributed by atoms with Gasteiger partial charge in [-0.15, -0.1) is 0 Å². The van der Waals surface area contributed by atoms with Gasteiger partial charge < -0.3 is 10.2 Å². The average molecular weight is 269 g/mol. The molecule has 0 spiro atoms. The Morgan fingerprint density at radius 1 is 1.44 bits per heavy atom. The van der Waals surface area contributed by atoms with Crippen molar-refractivity contribution in [1.82, 2.24) is 9.97 Å². The summed E-state index contributed by atoms with van der Waals surface area (Å²) in [6, 6.07) is 0. The van der Waals surface area contributed by atoms with Crippen molar-refractivity contribution < 1.29 is 0 Å². The molecule has 0 saturated heterocycles. The lowest BCUT2D eigenvalue weighted by Crippen LogP contribution is -2.27. The zero-order valence-corrected chi connectivity index (χ0v) is 11.9. The molecule has 0 amide bonds. The molecule has 1 aromatic heterocycles. The molecule has 0 aromatic carbocycles. The van der Waals surface area contributed by atoms with Crippen LogP contribution in [0.5, 0.6) is 0 Å². The highest BCUT2D eigenvalue weighted by atomic mass is 35.5. The van der Waals surface area contributed by atoms with E-state index in [-0.39, 0.29) is 0 Å². The van der Waals surface area contributed by atoms with Crippen molar-refractivity contribution in [3.8, 4) is 0 Å². The zero-order valence-electron chi connectivity index (χ0n) is 11.1. The Bertz CT molecular complexity index is 393. The van der Waals surface area contributed by atoms with E-state index in [1.807, 2.05) is 0 Å². The molecular formula is C13H21ClN4. The first-order chi connectivity index (χ1) is 8.74. The highest BCUT2D eigenvalue weighted by molar-refractivity contribution is 6.32. The Labute approximate surface area is 114 Å². The Balaban J connectivity index is 2.11. The third-order valence-electron chi connectivity index (χ3n) is 3.12. The van der Waals surface area contributed by atoms with Gasteiger partial charge in [0.15, 0.2) is 5.82 Å². The minimum absolute atomic E-state index is 0.638. The van der Waals surface area contributed by atoms with Gasteiger partial charge in [0.2, 0.25) is 5.95 Å². The largest absolute Gasteiger partial charge is 0.355 e. The van der Waals surface area contributed by atoms with Gasteiger partial charge in [-0.25, -0.2) is 4.98 Å². The van der Waals surface area contributed by atoms with Gasteiger partial charge in [0.1, 0.15) is 5.02 Å².